The number of likely N-dealkylation sites (tertiary alicyclic amines) is 1. The van der Waals surface area contributed by atoms with Crippen LogP contribution in [0.4, 0.5) is 0 Å². The molecule has 0 aliphatic carbocycles. The molecule has 0 amide bonds. The number of nitrogens with zero attached hydrogens (tertiary/aromatic N) is 1. The van der Waals surface area contributed by atoms with E-state index in [9.17, 15) is 0 Å². The highest BCUT2D eigenvalue weighted by Gasteiger charge is 2.32. The maximum atomic E-state index is 6.54. The van der Waals surface area contributed by atoms with Gasteiger partial charge in [0.1, 0.15) is 0 Å². The normalized spacial score (nSPS) is 19.9. The van der Waals surface area contributed by atoms with Crippen LogP contribution < -0.4 is 5.73 Å². The predicted molar refractivity (Wildman–Crippen MR) is 83.0 cm³/mol. The zero-order valence-corrected chi connectivity index (χ0v) is 13.1. The number of hydrogen-bond acceptors (Lipinski definition) is 2. The van der Waals surface area contributed by atoms with Crippen LogP contribution in [-0.2, 0) is 6.42 Å². The van der Waals surface area contributed by atoms with Crippen LogP contribution in [0, 0.1) is 0 Å². The minimum atomic E-state index is -0.136. The first-order chi connectivity index (χ1) is 8.89. The molecule has 0 saturated carbocycles. The van der Waals surface area contributed by atoms with Gasteiger partial charge in [-0.2, -0.15) is 0 Å². The van der Waals surface area contributed by atoms with Crippen LogP contribution in [0.2, 0.25) is 10.0 Å². The first-order valence-corrected chi connectivity index (χ1v) is 7.62. The van der Waals surface area contributed by atoms with E-state index in [0.29, 0.717) is 11.1 Å². The van der Waals surface area contributed by atoms with Crippen molar-refractivity contribution in [2.75, 3.05) is 13.1 Å². The lowest BCUT2D eigenvalue weighted by Crippen LogP contribution is -2.53. The van der Waals surface area contributed by atoms with Crippen LogP contribution in [-0.4, -0.2) is 29.6 Å². The van der Waals surface area contributed by atoms with Gasteiger partial charge in [0.2, 0.25) is 0 Å². The summed E-state index contributed by atoms with van der Waals surface area (Å²) in [6.07, 6.45) is 2.86. The predicted octanol–water partition coefficient (Wildman–Crippen LogP) is 3.74. The van der Waals surface area contributed by atoms with Gasteiger partial charge in [-0.1, -0.05) is 29.3 Å². The average Bonchev–Trinajstić information content (AvgIpc) is 2.33. The molecule has 1 aliphatic rings. The SMILES string of the molecule is CC(C)N1CCC(N)(Cc2ccc(Cl)cc2Cl)CC1. The third kappa shape index (κ3) is 3.85. The van der Waals surface area contributed by atoms with Gasteiger partial charge in [-0.05, 0) is 50.8 Å². The first kappa shape index (κ1) is 15.1. The molecule has 2 rings (SSSR count). The molecule has 2 N–H and O–H groups in total. The minimum Gasteiger partial charge on any atom is -0.325 e. The molecule has 1 aliphatic heterocycles. The summed E-state index contributed by atoms with van der Waals surface area (Å²) in [6.45, 7) is 6.61. The van der Waals surface area contributed by atoms with E-state index < -0.39 is 0 Å². The minimum absolute atomic E-state index is 0.136. The Bertz CT molecular complexity index is 438. The van der Waals surface area contributed by atoms with Gasteiger partial charge in [-0.15, -0.1) is 0 Å². The second-order valence-electron chi connectivity index (χ2n) is 5.90. The summed E-state index contributed by atoms with van der Waals surface area (Å²) in [7, 11) is 0. The topological polar surface area (TPSA) is 29.3 Å². The molecule has 106 valence electrons. The van der Waals surface area contributed by atoms with Gasteiger partial charge in [-0.3, -0.25) is 0 Å². The Morgan fingerprint density at radius 3 is 2.42 bits per heavy atom. The zero-order chi connectivity index (χ0) is 14.0. The molecule has 0 atom stereocenters. The lowest BCUT2D eigenvalue weighted by molar-refractivity contribution is 0.131. The van der Waals surface area contributed by atoms with E-state index in [1.165, 1.54) is 0 Å². The van der Waals surface area contributed by atoms with Crippen molar-refractivity contribution >= 4 is 23.2 Å². The third-order valence-corrected chi connectivity index (χ3v) is 4.67. The molecule has 0 bridgehead atoms. The first-order valence-electron chi connectivity index (χ1n) is 6.86. The Morgan fingerprint density at radius 1 is 1.26 bits per heavy atom. The van der Waals surface area contributed by atoms with E-state index in [1.54, 1.807) is 6.07 Å². The van der Waals surface area contributed by atoms with Crippen molar-refractivity contribution in [1.29, 1.82) is 0 Å². The second kappa shape index (κ2) is 6.01. The number of nitrogens with two attached hydrogens (primary N) is 1. The highest BCUT2D eigenvalue weighted by molar-refractivity contribution is 6.35. The summed E-state index contributed by atoms with van der Waals surface area (Å²) >= 11 is 12.2. The average molecular weight is 301 g/mol. The molecular formula is C15H22Cl2N2. The summed E-state index contributed by atoms with van der Waals surface area (Å²) < 4.78 is 0. The molecule has 1 heterocycles. The van der Waals surface area contributed by atoms with E-state index >= 15 is 0 Å². The van der Waals surface area contributed by atoms with E-state index in [2.05, 4.69) is 18.7 Å². The Morgan fingerprint density at radius 2 is 1.89 bits per heavy atom. The fourth-order valence-corrected chi connectivity index (χ4v) is 3.18. The Balaban J connectivity index is 2.03. The fraction of sp³-hybridized carbons (Fsp3) is 0.600. The van der Waals surface area contributed by atoms with Crippen molar-refractivity contribution in [3.05, 3.63) is 33.8 Å². The maximum Gasteiger partial charge on any atom is 0.0453 e. The molecular weight excluding hydrogens is 279 g/mol. The number of halogens is 2. The molecule has 1 saturated heterocycles. The van der Waals surface area contributed by atoms with Crippen molar-refractivity contribution in [3.8, 4) is 0 Å². The van der Waals surface area contributed by atoms with Gasteiger partial charge < -0.3 is 10.6 Å². The largest absolute Gasteiger partial charge is 0.325 e. The van der Waals surface area contributed by atoms with Crippen LogP contribution in [0.5, 0.6) is 0 Å². The summed E-state index contributed by atoms with van der Waals surface area (Å²) in [5.74, 6) is 0. The molecule has 0 spiro atoms. The van der Waals surface area contributed by atoms with Gasteiger partial charge in [0.25, 0.3) is 0 Å². The molecule has 1 aromatic rings. The summed E-state index contributed by atoms with van der Waals surface area (Å²) in [4.78, 5) is 2.48. The quantitative estimate of drug-likeness (QED) is 0.921. The molecule has 1 fully saturated rings. The summed E-state index contributed by atoms with van der Waals surface area (Å²) in [6, 6.07) is 6.28. The van der Waals surface area contributed by atoms with Gasteiger partial charge in [0.15, 0.2) is 0 Å². The number of piperidine rings is 1. The molecule has 2 nitrogen and oxygen atoms in total. The second-order valence-corrected chi connectivity index (χ2v) is 6.75. The van der Waals surface area contributed by atoms with Crippen molar-refractivity contribution in [1.82, 2.24) is 4.90 Å². The standard InChI is InChI=1S/C15H22Cl2N2/c1-11(2)19-7-5-15(18,6-8-19)10-12-3-4-13(16)9-14(12)17/h3-4,9,11H,5-8,10,18H2,1-2H3. The van der Waals surface area contributed by atoms with Crippen LogP contribution in [0.3, 0.4) is 0 Å². The Kier molecular flexibility index (Phi) is 4.78. The molecule has 0 unspecified atom stereocenters. The number of benzene rings is 1. The smallest absolute Gasteiger partial charge is 0.0453 e. The third-order valence-electron chi connectivity index (χ3n) is 4.08. The van der Waals surface area contributed by atoms with Crippen LogP contribution in [0.15, 0.2) is 18.2 Å². The van der Waals surface area contributed by atoms with Crippen molar-refractivity contribution in [2.24, 2.45) is 5.73 Å². The van der Waals surface area contributed by atoms with Crippen LogP contribution in [0.1, 0.15) is 32.3 Å². The Hall–Kier alpha value is -0.280. The van der Waals surface area contributed by atoms with Crippen molar-refractivity contribution < 1.29 is 0 Å². The fourth-order valence-electron chi connectivity index (χ4n) is 2.71. The lowest BCUT2D eigenvalue weighted by atomic mass is 9.82. The molecule has 19 heavy (non-hydrogen) atoms. The summed E-state index contributed by atoms with van der Waals surface area (Å²) in [5, 5.41) is 1.40. The maximum absolute atomic E-state index is 6.54. The highest BCUT2D eigenvalue weighted by atomic mass is 35.5. The van der Waals surface area contributed by atoms with Crippen molar-refractivity contribution in [3.63, 3.8) is 0 Å². The molecule has 4 heteroatoms. The van der Waals surface area contributed by atoms with Crippen molar-refractivity contribution in [2.45, 2.75) is 44.7 Å². The van der Waals surface area contributed by atoms with Crippen LogP contribution in [0.25, 0.3) is 0 Å². The van der Waals surface area contributed by atoms with Crippen LogP contribution >= 0.6 is 23.2 Å². The Labute approximate surface area is 125 Å². The monoisotopic (exact) mass is 300 g/mol. The lowest BCUT2D eigenvalue weighted by Gasteiger charge is -2.41. The zero-order valence-electron chi connectivity index (χ0n) is 11.6. The van der Waals surface area contributed by atoms with Gasteiger partial charge in [-0.25, -0.2) is 0 Å². The van der Waals surface area contributed by atoms with Gasteiger partial charge in [0, 0.05) is 34.7 Å². The van der Waals surface area contributed by atoms with E-state index in [1.807, 2.05) is 12.1 Å². The molecule has 1 aromatic carbocycles. The van der Waals surface area contributed by atoms with E-state index in [4.69, 9.17) is 28.9 Å². The number of rotatable bonds is 3. The van der Waals surface area contributed by atoms with Gasteiger partial charge >= 0.3 is 0 Å². The molecule has 0 radical (unpaired) electrons. The van der Waals surface area contributed by atoms with Gasteiger partial charge in [0.05, 0.1) is 0 Å². The van der Waals surface area contributed by atoms with E-state index in [-0.39, 0.29) is 5.54 Å². The van der Waals surface area contributed by atoms with E-state index in [0.717, 1.165) is 42.9 Å². The summed E-state index contributed by atoms with van der Waals surface area (Å²) in [5.41, 5.74) is 7.51. The molecule has 0 aromatic heterocycles. The number of hydrogen-bond donors (Lipinski definition) is 1. The highest BCUT2D eigenvalue weighted by Crippen LogP contribution is 2.29.